The van der Waals surface area contributed by atoms with Crippen molar-refractivity contribution in [1.29, 1.82) is 0 Å². The van der Waals surface area contributed by atoms with E-state index in [0.717, 1.165) is 19.3 Å². The van der Waals surface area contributed by atoms with Gasteiger partial charge in [0.05, 0.1) is 19.3 Å². The average Bonchev–Trinajstić information content (AvgIpc) is 2.27. The highest BCUT2D eigenvalue weighted by Crippen LogP contribution is 2.32. The fourth-order valence-corrected chi connectivity index (χ4v) is 2.28. The van der Waals surface area contributed by atoms with E-state index in [4.69, 9.17) is 15.6 Å². The normalized spacial score (nSPS) is 28.6. The molecule has 2 fully saturated rings. The summed E-state index contributed by atoms with van der Waals surface area (Å²) >= 11 is 0. The van der Waals surface area contributed by atoms with Crippen LogP contribution in [0.5, 0.6) is 0 Å². The number of aliphatic hydroxyl groups excluding tert-OH is 1. The first-order valence-electron chi connectivity index (χ1n) is 5.92. The zero-order valence-electron chi connectivity index (χ0n) is 9.52. The fraction of sp³-hybridized carbons (Fsp3) is 0.909. The van der Waals surface area contributed by atoms with Crippen LogP contribution in [0.4, 0.5) is 0 Å². The molecule has 5 heteroatoms. The van der Waals surface area contributed by atoms with Gasteiger partial charge in [-0.3, -0.25) is 4.79 Å². The van der Waals surface area contributed by atoms with Gasteiger partial charge in [0.1, 0.15) is 0 Å². The lowest BCUT2D eigenvalue weighted by Gasteiger charge is -2.40. The Morgan fingerprint density at radius 3 is 2.88 bits per heavy atom. The molecule has 1 saturated heterocycles. The third-order valence-corrected chi connectivity index (χ3v) is 3.55. The zero-order valence-corrected chi connectivity index (χ0v) is 9.52. The van der Waals surface area contributed by atoms with Gasteiger partial charge < -0.3 is 20.5 Å². The number of rotatable bonds is 3. The molecule has 0 aromatic carbocycles. The summed E-state index contributed by atoms with van der Waals surface area (Å²) < 4.78 is 5.30. The van der Waals surface area contributed by atoms with Gasteiger partial charge in [-0.2, -0.15) is 0 Å². The molecular formula is C11H20N2O3. The van der Waals surface area contributed by atoms with Gasteiger partial charge >= 0.3 is 0 Å². The molecule has 1 amide bonds. The molecule has 5 nitrogen and oxygen atoms in total. The lowest BCUT2D eigenvalue weighted by atomic mass is 9.75. The number of nitrogens with two attached hydrogens (primary N) is 1. The van der Waals surface area contributed by atoms with E-state index < -0.39 is 0 Å². The molecule has 1 aliphatic carbocycles. The highest BCUT2D eigenvalue weighted by Gasteiger charge is 2.36. The summed E-state index contributed by atoms with van der Waals surface area (Å²) in [5.41, 5.74) is 5.79. The number of aliphatic hydroxyl groups is 1. The van der Waals surface area contributed by atoms with Crippen molar-refractivity contribution in [1.82, 2.24) is 4.90 Å². The molecule has 0 aromatic rings. The maximum absolute atomic E-state index is 12.0. The van der Waals surface area contributed by atoms with Gasteiger partial charge in [-0.15, -0.1) is 0 Å². The van der Waals surface area contributed by atoms with Crippen molar-refractivity contribution in [3.05, 3.63) is 0 Å². The zero-order chi connectivity index (χ0) is 11.6. The van der Waals surface area contributed by atoms with Crippen LogP contribution in [0.1, 0.15) is 25.7 Å². The molecule has 2 aliphatic rings. The SMILES string of the molecule is NC1(CC(=O)N2CCOC(CO)C2)CCC1. The quantitative estimate of drug-likeness (QED) is 0.681. The second-order valence-corrected chi connectivity index (χ2v) is 4.91. The minimum atomic E-state index is -0.260. The van der Waals surface area contributed by atoms with Gasteiger partial charge in [-0.1, -0.05) is 0 Å². The standard InChI is InChI=1S/C11H20N2O3/c12-11(2-1-3-11)6-10(15)13-4-5-16-9(7-13)8-14/h9,14H,1-8,12H2. The third-order valence-electron chi connectivity index (χ3n) is 3.55. The lowest BCUT2D eigenvalue weighted by Crippen LogP contribution is -2.53. The fourth-order valence-electron chi connectivity index (χ4n) is 2.28. The summed E-state index contributed by atoms with van der Waals surface area (Å²) in [7, 11) is 0. The molecule has 1 atom stereocenters. The van der Waals surface area contributed by atoms with Crippen molar-refractivity contribution in [3.63, 3.8) is 0 Å². The number of carbonyl (C=O) groups excluding carboxylic acids is 1. The van der Waals surface area contributed by atoms with Crippen molar-refractivity contribution in [2.45, 2.75) is 37.3 Å². The van der Waals surface area contributed by atoms with Gasteiger partial charge in [0, 0.05) is 25.0 Å². The van der Waals surface area contributed by atoms with Crippen LogP contribution in [0, 0.1) is 0 Å². The highest BCUT2D eigenvalue weighted by molar-refractivity contribution is 5.77. The van der Waals surface area contributed by atoms with Crippen molar-refractivity contribution >= 4 is 5.91 Å². The Morgan fingerprint density at radius 2 is 2.31 bits per heavy atom. The summed E-state index contributed by atoms with van der Waals surface area (Å²) in [5, 5.41) is 8.99. The molecule has 1 unspecified atom stereocenters. The first-order chi connectivity index (χ1) is 7.63. The number of amides is 1. The van der Waals surface area contributed by atoms with E-state index in [1.807, 2.05) is 0 Å². The van der Waals surface area contributed by atoms with Gasteiger partial charge in [-0.25, -0.2) is 0 Å². The molecule has 0 spiro atoms. The van der Waals surface area contributed by atoms with E-state index in [-0.39, 0.29) is 24.2 Å². The Balaban J connectivity index is 1.84. The number of carbonyl (C=O) groups is 1. The number of hydrogen-bond donors (Lipinski definition) is 2. The maximum Gasteiger partial charge on any atom is 0.224 e. The molecule has 1 aliphatic heterocycles. The van der Waals surface area contributed by atoms with Crippen LogP contribution >= 0.6 is 0 Å². The molecule has 92 valence electrons. The molecule has 1 saturated carbocycles. The molecule has 0 aromatic heterocycles. The molecule has 0 bridgehead atoms. The molecule has 16 heavy (non-hydrogen) atoms. The third kappa shape index (κ3) is 2.53. The van der Waals surface area contributed by atoms with Gasteiger partial charge in [-0.05, 0) is 19.3 Å². The van der Waals surface area contributed by atoms with E-state index in [1.54, 1.807) is 4.90 Å². The smallest absolute Gasteiger partial charge is 0.224 e. The minimum absolute atomic E-state index is 0.0302. The predicted octanol–water partition coefficient (Wildman–Crippen LogP) is -0.522. The summed E-state index contributed by atoms with van der Waals surface area (Å²) in [6.45, 7) is 1.59. The van der Waals surface area contributed by atoms with Crippen LogP contribution in [-0.4, -0.2) is 53.9 Å². The van der Waals surface area contributed by atoms with Crippen molar-refractivity contribution in [2.24, 2.45) is 5.73 Å². The molecular weight excluding hydrogens is 208 g/mol. The Kier molecular flexibility index (Phi) is 3.47. The largest absolute Gasteiger partial charge is 0.394 e. The number of morpholine rings is 1. The number of nitrogens with zero attached hydrogens (tertiary/aromatic N) is 1. The molecule has 0 radical (unpaired) electrons. The van der Waals surface area contributed by atoms with E-state index >= 15 is 0 Å². The minimum Gasteiger partial charge on any atom is -0.394 e. The molecule has 2 rings (SSSR count). The summed E-state index contributed by atoms with van der Waals surface area (Å²) in [5.74, 6) is 0.101. The van der Waals surface area contributed by atoms with Crippen LogP contribution in [-0.2, 0) is 9.53 Å². The Hall–Kier alpha value is -0.650. The summed E-state index contributed by atoms with van der Waals surface area (Å²) in [6.07, 6.45) is 3.24. The van der Waals surface area contributed by atoms with E-state index in [2.05, 4.69) is 0 Å². The predicted molar refractivity (Wildman–Crippen MR) is 58.8 cm³/mol. The van der Waals surface area contributed by atoms with Crippen molar-refractivity contribution in [2.75, 3.05) is 26.3 Å². The maximum atomic E-state index is 12.0. The number of ether oxygens (including phenoxy) is 1. The monoisotopic (exact) mass is 228 g/mol. The second kappa shape index (κ2) is 4.69. The average molecular weight is 228 g/mol. The highest BCUT2D eigenvalue weighted by atomic mass is 16.5. The van der Waals surface area contributed by atoms with Crippen LogP contribution in [0.15, 0.2) is 0 Å². The van der Waals surface area contributed by atoms with Crippen LogP contribution < -0.4 is 5.73 Å². The van der Waals surface area contributed by atoms with Crippen molar-refractivity contribution in [3.8, 4) is 0 Å². The van der Waals surface area contributed by atoms with Crippen LogP contribution in [0.25, 0.3) is 0 Å². The van der Waals surface area contributed by atoms with Gasteiger partial charge in [0.15, 0.2) is 0 Å². The van der Waals surface area contributed by atoms with Crippen LogP contribution in [0.3, 0.4) is 0 Å². The lowest BCUT2D eigenvalue weighted by molar-refractivity contribution is -0.142. The van der Waals surface area contributed by atoms with Crippen molar-refractivity contribution < 1.29 is 14.6 Å². The van der Waals surface area contributed by atoms with E-state index in [0.29, 0.717) is 26.1 Å². The summed E-state index contributed by atoms with van der Waals surface area (Å²) in [6, 6.07) is 0. The Bertz CT molecular complexity index is 266. The molecule has 3 N–H and O–H groups in total. The topological polar surface area (TPSA) is 75.8 Å². The molecule has 1 heterocycles. The number of hydrogen-bond acceptors (Lipinski definition) is 4. The van der Waals surface area contributed by atoms with E-state index in [9.17, 15) is 4.79 Å². The first kappa shape index (κ1) is 11.8. The Labute approximate surface area is 95.5 Å². The van der Waals surface area contributed by atoms with Gasteiger partial charge in [0.25, 0.3) is 0 Å². The first-order valence-corrected chi connectivity index (χ1v) is 5.92. The van der Waals surface area contributed by atoms with Crippen LogP contribution in [0.2, 0.25) is 0 Å². The van der Waals surface area contributed by atoms with Gasteiger partial charge in [0.2, 0.25) is 5.91 Å². The Morgan fingerprint density at radius 1 is 1.56 bits per heavy atom. The summed E-state index contributed by atoms with van der Waals surface area (Å²) in [4.78, 5) is 13.7. The second-order valence-electron chi connectivity index (χ2n) is 4.91. The van der Waals surface area contributed by atoms with E-state index in [1.165, 1.54) is 0 Å².